The third kappa shape index (κ3) is 7.42. The van der Waals surface area contributed by atoms with E-state index in [1.807, 2.05) is 6.92 Å². The van der Waals surface area contributed by atoms with Gasteiger partial charge >= 0.3 is 6.09 Å². The number of nitrogens with two attached hydrogens (primary N) is 1. The van der Waals surface area contributed by atoms with E-state index in [0.29, 0.717) is 32.2 Å². The van der Waals surface area contributed by atoms with Crippen LogP contribution in [0.4, 0.5) is 4.79 Å². The highest BCUT2D eigenvalue weighted by molar-refractivity contribution is 5.78. The van der Waals surface area contributed by atoms with Gasteiger partial charge in [0.15, 0.2) is 5.96 Å². The van der Waals surface area contributed by atoms with Crippen molar-refractivity contribution in [1.29, 1.82) is 0 Å². The maximum absolute atomic E-state index is 11.8. The summed E-state index contributed by atoms with van der Waals surface area (Å²) in [6.07, 6.45) is 2.80. The second-order valence-electron chi connectivity index (χ2n) is 9.26. The van der Waals surface area contributed by atoms with Crippen LogP contribution < -0.4 is 11.1 Å². The Morgan fingerprint density at radius 1 is 1.13 bits per heavy atom. The summed E-state index contributed by atoms with van der Waals surface area (Å²) in [6, 6.07) is 8.97. The quantitative estimate of drug-likeness (QED) is 0.536. The molecule has 0 radical (unpaired) electrons. The third-order valence-electron chi connectivity index (χ3n) is 6.18. The lowest BCUT2D eigenvalue weighted by atomic mass is 9.91. The molecule has 0 aliphatic carbocycles. The number of carbonyl (C=O) groups excluding carboxylic acids is 1. The van der Waals surface area contributed by atoms with E-state index in [4.69, 9.17) is 10.5 Å². The molecule has 2 aliphatic rings. The fourth-order valence-electron chi connectivity index (χ4n) is 4.78. The van der Waals surface area contributed by atoms with Crippen molar-refractivity contribution in [3.8, 4) is 0 Å². The molecule has 1 aromatic rings. The maximum atomic E-state index is 11.8. The largest absolute Gasteiger partial charge is 0.450 e. The van der Waals surface area contributed by atoms with E-state index in [1.54, 1.807) is 4.90 Å². The zero-order chi connectivity index (χ0) is 22.2. The predicted molar refractivity (Wildman–Crippen MR) is 125 cm³/mol. The van der Waals surface area contributed by atoms with E-state index < -0.39 is 0 Å². The first kappa shape index (κ1) is 23.4. The van der Waals surface area contributed by atoms with Crippen molar-refractivity contribution in [2.45, 2.75) is 59.2 Å². The Labute approximate surface area is 187 Å². The van der Waals surface area contributed by atoms with Crippen LogP contribution in [-0.4, -0.2) is 60.7 Å². The van der Waals surface area contributed by atoms with Gasteiger partial charge in [0.25, 0.3) is 0 Å². The lowest BCUT2D eigenvalue weighted by molar-refractivity contribution is 0.0963. The van der Waals surface area contributed by atoms with E-state index in [2.05, 4.69) is 53.3 Å². The van der Waals surface area contributed by atoms with Gasteiger partial charge in [-0.1, -0.05) is 38.1 Å². The lowest BCUT2D eigenvalue weighted by Gasteiger charge is -2.35. The van der Waals surface area contributed by atoms with Crippen molar-refractivity contribution in [2.24, 2.45) is 22.6 Å². The second kappa shape index (κ2) is 11.4. The molecule has 3 N–H and O–H groups in total. The third-order valence-corrected chi connectivity index (χ3v) is 6.18. The Bertz CT molecular complexity index is 718. The molecule has 2 fully saturated rings. The summed E-state index contributed by atoms with van der Waals surface area (Å²) in [4.78, 5) is 20.6. The molecular weight excluding hydrogens is 390 g/mol. The molecule has 0 bridgehead atoms. The second-order valence-corrected chi connectivity index (χ2v) is 9.26. The maximum Gasteiger partial charge on any atom is 0.409 e. The number of rotatable bonds is 6. The first-order valence-corrected chi connectivity index (χ1v) is 11.7. The standard InChI is InChI=1S/C24H39N5O2/c1-4-31-24(30)29-11-9-22(10-12-29)27-23(25)26-14-20-5-7-21(8-6-20)17-28-15-18(2)13-19(3)16-28/h5-8,18-19,22H,4,9-17H2,1-3H3,(H3,25,26,27). The van der Waals surface area contributed by atoms with Crippen LogP contribution in [0.3, 0.4) is 0 Å². The van der Waals surface area contributed by atoms with E-state index in [9.17, 15) is 4.79 Å². The number of hydrogen-bond acceptors (Lipinski definition) is 4. The van der Waals surface area contributed by atoms with Crippen LogP contribution >= 0.6 is 0 Å². The Morgan fingerprint density at radius 3 is 2.35 bits per heavy atom. The minimum Gasteiger partial charge on any atom is -0.450 e. The van der Waals surface area contributed by atoms with Gasteiger partial charge in [-0.05, 0) is 49.1 Å². The number of likely N-dealkylation sites (tertiary alicyclic amines) is 2. The highest BCUT2D eigenvalue weighted by Gasteiger charge is 2.24. The number of hydrogen-bond donors (Lipinski definition) is 2. The number of nitrogens with zero attached hydrogens (tertiary/aromatic N) is 3. The van der Waals surface area contributed by atoms with Gasteiger partial charge in [-0.2, -0.15) is 0 Å². The molecular formula is C24H39N5O2. The molecule has 1 aromatic carbocycles. The highest BCUT2D eigenvalue weighted by atomic mass is 16.6. The van der Waals surface area contributed by atoms with Gasteiger partial charge in [-0.3, -0.25) is 4.90 Å². The normalized spacial score (nSPS) is 23.6. The van der Waals surface area contributed by atoms with Crippen LogP contribution in [0.25, 0.3) is 0 Å². The van der Waals surface area contributed by atoms with Gasteiger partial charge in [0, 0.05) is 38.8 Å². The van der Waals surface area contributed by atoms with Crippen LogP contribution in [0.5, 0.6) is 0 Å². The molecule has 7 nitrogen and oxygen atoms in total. The number of amides is 1. The summed E-state index contributed by atoms with van der Waals surface area (Å²) in [5, 5.41) is 3.30. The van der Waals surface area contributed by atoms with Crippen LogP contribution in [0.2, 0.25) is 0 Å². The number of aliphatic imine (C=N–C) groups is 1. The first-order chi connectivity index (χ1) is 14.9. The summed E-state index contributed by atoms with van der Waals surface area (Å²) in [6.45, 7) is 12.3. The van der Waals surface area contributed by atoms with Crippen molar-refractivity contribution < 1.29 is 9.53 Å². The van der Waals surface area contributed by atoms with Gasteiger partial charge in [-0.15, -0.1) is 0 Å². The first-order valence-electron chi connectivity index (χ1n) is 11.7. The van der Waals surface area contributed by atoms with Gasteiger partial charge in [-0.25, -0.2) is 9.79 Å². The Kier molecular flexibility index (Phi) is 8.58. The number of piperidine rings is 2. The van der Waals surface area contributed by atoms with E-state index in [1.165, 1.54) is 25.1 Å². The molecule has 2 saturated heterocycles. The van der Waals surface area contributed by atoms with Gasteiger partial charge in [0.2, 0.25) is 0 Å². The van der Waals surface area contributed by atoms with Crippen LogP contribution in [0.1, 0.15) is 51.2 Å². The topological polar surface area (TPSA) is 83.2 Å². The summed E-state index contributed by atoms with van der Waals surface area (Å²) >= 11 is 0. The minimum atomic E-state index is -0.227. The molecule has 2 atom stereocenters. The molecule has 0 aromatic heterocycles. The molecule has 2 unspecified atom stereocenters. The molecule has 172 valence electrons. The van der Waals surface area contributed by atoms with Crippen LogP contribution in [-0.2, 0) is 17.8 Å². The van der Waals surface area contributed by atoms with Gasteiger partial charge < -0.3 is 20.7 Å². The Hall–Kier alpha value is -2.28. The van der Waals surface area contributed by atoms with E-state index in [-0.39, 0.29) is 12.1 Å². The smallest absolute Gasteiger partial charge is 0.409 e. The lowest BCUT2D eigenvalue weighted by Crippen LogP contribution is -2.48. The van der Waals surface area contributed by atoms with Gasteiger partial charge in [0.05, 0.1) is 13.2 Å². The average molecular weight is 430 g/mol. The summed E-state index contributed by atoms with van der Waals surface area (Å²) in [5.74, 6) is 2.03. The van der Waals surface area contributed by atoms with Gasteiger partial charge in [0.1, 0.15) is 0 Å². The van der Waals surface area contributed by atoms with Crippen LogP contribution in [0.15, 0.2) is 29.3 Å². The predicted octanol–water partition coefficient (Wildman–Crippen LogP) is 3.19. The summed E-state index contributed by atoms with van der Waals surface area (Å²) in [5.41, 5.74) is 8.61. The van der Waals surface area contributed by atoms with Crippen molar-refractivity contribution in [2.75, 3.05) is 32.8 Å². The van der Waals surface area contributed by atoms with Crippen molar-refractivity contribution in [3.05, 3.63) is 35.4 Å². The summed E-state index contributed by atoms with van der Waals surface area (Å²) < 4.78 is 5.06. The Morgan fingerprint density at radius 2 is 1.74 bits per heavy atom. The fraction of sp³-hybridized carbons (Fsp3) is 0.667. The zero-order valence-electron chi connectivity index (χ0n) is 19.3. The molecule has 7 heteroatoms. The molecule has 31 heavy (non-hydrogen) atoms. The number of nitrogens with one attached hydrogen (secondary N) is 1. The number of benzene rings is 1. The fourth-order valence-corrected chi connectivity index (χ4v) is 4.78. The molecule has 0 saturated carbocycles. The summed E-state index contributed by atoms with van der Waals surface area (Å²) in [7, 11) is 0. The van der Waals surface area contributed by atoms with Crippen molar-refractivity contribution >= 4 is 12.1 Å². The van der Waals surface area contributed by atoms with E-state index >= 15 is 0 Å². The molecule has 1 amide bonds. The van der Waals surface area contributed by atoms with Crippen LogP contribution in [0, 0.1) is 11.8 Å². The molecule has 2 heterocycles. The number of guanidine groups is 1. The SMILES string of the molecule is CCOC(=O)N1CCC(NC(N)=NCc2ccc(CN3CC(C)CC(C)C3)cc2)CC1. The van der Waals surface area contributed by atoms with Crippen molar-refractivity contribution in [3.63, 3.8) is 0 Å². The van der Waals surface area contributed by atoms with E-state index in [0.717, 1.165) is 36.8 Å². The molecule has 3 rings (SSSR count). The molecule has 0 spiro atoms. The monoisotopic (exact) mass is 429 g/mol. The molecule has 2 aliphatic heterocycles. The Balaban J connectivity index is 1.41. The average Bonchev–Trinajstić information content (AvgIpc) is 2.73. The highest BCUT2D eigenvalue weighted by Crippen LogP contribution is 2.22. The minimum absolute atomic E-state index is 0.227. The number of ether oxygens (including phenoxy) is 1. The van der Waals surface area contributed by atoms with Crippen molar-refractivity contribution in [1.82, 2.24) is 15.1 Å². The number of carbonyl (C=O) groups is 1. The zero-order valence-corrected chi connectivity index (χ0v) is 19.3.